The van der Waals surface area contributed by atoms with Gasteiger partial charge < -0.3 is 10.4 Å². The molecule has 0 bridgehead atoms. The molecule has 0 heterocycles. The average molecular weight is 263 g/mol. The van der Waals surface area contributed by atoms with Gasteiger partial charge in [0.15, 0.2) is 0 Å². The summed E-state index contributed by atoms with van der Waals surface area (Å²) in [5, 5.41) is 13.1. The molecule has 0 aromatic heterocycles. The van der Waals surface area contributed by atoms with E-state index in [4.69, 9.17) is 0 Å². The Bertz CT molecular complexity index is 406. The zero-order chi connectivity index (χ0) is 14.8. The number of aryl methyl sites for hydroxylation is 2. The van der Waals surface area contributed by atoms with Crippen LogP contribution in [0.3, 0.4) is 0 Å². The Morgan fingerprint density at radius 2 is 1.58 bits per heavy atom. The molecule has 0 aliphatic carbocycles. The van der Waals surface area contributed by atoms with E-state index < -0.39 is 0 Å². The van der Waals surface area contributed by atoms with Crippen LogP contribution < -0.4 is 5.32 Å². The first-order chi connectivity index (χ1) is 8.66. The Labute approximate surface area is 118 Å². The molecular weight excluding hydrogens is 234 g/mol. The molecule has 2 N–H and O–H groups in total. The summed E-state index contributed by atoms with van der Waals surface area (Å²) in [7, 11) is 0. The normalized spacial score (nSPS) is 13.9. The lowest BCUT2D eigenvalue weighted by Gasteiger charge is -2.27. The Morgan fingerprint density at radius 1 is 1.11 bits per heavy atom. The number of hydrogen-bond acceptors (Lipinski definition) is 2. The summed E-state index contributed by atoms with van der Waals surface area (Å²) >= 11 is 0. The van der Waals surface area contributed by atoms with Crippen LogP contribution in [0.25, 0.3) is 0 Å². The van der Waals surface area contributed by atoms with Gasteiger partial charge in [-0.2, -0.15) is 0 Å². The molecule has 0 saturated carbocycles. The largest absolute Gasteiger partial charge is 0.394 e. The molecule has 0 saturated heterocycles. The predicted octanol–water partition coefficient (Wildman–Crippen LogP) is 3.63. The summed E-state index contributed by atoms with van der Waals surface area (Å²) in [6.45, 7) is 15.3. The van der Waals surface area contributed by atoms with E-state index in [-0.39, 0.29) is 18.1 Å². The Morgan fingerprint density at radius 3 is 1.89 bits per heavy atom. The zero-order valence-corrected chi connectivity index (χ0v) is 13.5. The number of hydrogen-bond donors (Lipinski definition) is 2. The van der Waals surface area contributed by atoms with Crippen molar-refractivity contribution in [3.05, 3.63) is 34.4 Å². The van der Waals surface area contributed by atoms with Crippen LogP contribution in [0.5, 0.6) is 0 Å². The second-order valence-electron chi connectivity index (χ2n) is 6.83. The van der Waals surface area contributed by atoms with Crippen molar-refractivity contribution in [2.45, 2.75) is 66.0 Å². The highest BCUT2D eigenvalue weighted by molar-refractivity contribution is 5.42. The molecule has 19 heavy (non-hydrogen) atoms. The molecule has 108 valence electrons. The van der Waals surface area contributed by atoms with Crippen LogP contribution >= 0.6 is 0 Å². The third-order valence-electron chi connectivity index (χ3n) is 3.53. The third-order valence-corrected chi connectivity index (χ3v) is 3.53. The lowest BCUT2D eigenvalue weighted by molar-refractivity contribution is 0.236. The van der Waals surface area contributed by atoms with Crippen LogP contribution in [-0.4, -0.2) is 17.8 Å². The smallest absolute Gasteiger partial charge is 0.0626 e. The standard InChI is InChI=1S/C17H29NO/c1-11(2)18-15(10-19)16-12(3)8-14(9-13(16)4)17(5,6)7/h8-9,11,15,18-19H,10H2,1-7H3. The van der Waals surface area contributed by atoms with E-state index >= 15 is 0 Å². The monoisotopic (exact) mass is 263 g/mol. The highest BCUT2D eigenvalue weighted by Gasteiger charge is 2.20. The van der Waals surface area contributed by atoms with Crippen molar-refractivity contribution in [2.75, 3.05) is 6.61 Å². The molecule has 1 rings (SSSR count). The molecule has 1 atom stereocenters. The van der Waals surface area contributed by atoms with Crippen LogP contribution in [0.2, 0.25) is 0 Å². The first kappa shape index (κ1) is 16.2. The molecule has 0 amide bonds. The maximum Gasteiger partial charge on any atom is 0.0626 e. The van der Waals surface area contributed by atoms with E-state index in [0.717, 1.165) is 0 Å². The molecule has 0 aliphatic rings. The fourth-order valence-corrected chi connectivity index (χ4v) is 2.59. The predicted molar refractivity (Wildman–Crippen MR) is 82.7 cm³/mol. The van der Waals surface area contributed by atoms with Crippen LogP contribution in [0.1, 0.15) is 62.9 Å². The van der Waals surface area contributed by atoms with Crippen LogP contribution in [0.15, 0.2) is 12.1 Å². The van der Waals surface area contributed by atoms with Crippen molar-refractivity contribution >= 4 is 0 Å². The van der Waals surface area contributed by atoms with Crippen molar-refractivity contribution in [1.82, 2.24) is 5.32 Å². The van der Waals surface area contributed by atoms with E-state index in [2.05, 4.69) is 65.9 Å². The summed E-state index contributed by atoms with van der Waals surface area (Å²) in [5.41, 5.74) is 5.28. The van der Waals surface area contributed by atoms with Gasteiger partial charge in [0.1, 0.15) is 0 Å². The fraction of sp³-hybridized carbons (Fsp3) is 0.647. The highest BCUT2D eigenvalue weighted by atomic mass is 16.3. The Balaban J connectivity index is 3.22. The third kappa shape index (κ3) is 4.05. The summed E-state index contributed by atoms with van der Waals surface area (Å²) < 4.78 is 0. The number of nitrogens with one attached hydrogen (secondary N) is 1. The van der Waals surface area contributed by atoms with Gasteiger partial charge in [-0.1, -0.05) is 46.8 Å². The van der Waals surface area contributed by atoms with Crippen LogP contribution in [-0.2, 0) is 5.41 Å². The van der Waals surface area contributed by atoms with E-state index in [9.17, 15) is 5.11 Å². The first-order valence-electron chi connectivity index (χ1n) is 7.15. The van der Waals surface area contributed by atoms with E-state index in [1.165, 1.54) is 22.3 Å². The molecule has 0 aliphatic heterocycles. The Kier molecular flexibility index (Phi) is 5.17. The van der Waals surface area contributed by atoms with Gasteiger partial charge in [0, 0.05) is 6.04 Å². The minimum Gasteiger partial charge on any atom is -0.394 e. The van der Waals surface area contributed by atoms with E-state index in [1.54, 1.807) is 0 Å². The van der Waals surface area contributed by atoms with Gasteiger partial charge in [-0.25, -0.2) is 0 Å². The molecule has 1 aromatic rings. The highest BCUT2D eigenvalue weighted by Crippen LogP contribution is 2.29. The molecule has 2 heteroatoms. The fourth-order valence-electron chi connectivity index (χ4n) is 2.59. The minimum atomic E-state index is 0.0222. The second kappa shape index (κ2) is 6.06. The van der Waals surface area contributed by atoms with Crippen LogP contribution in [0.4, 0.5) is 0 Å². The van der Waals surface area contributed by atoms with Gasteiger partial charge in [0.25, 0.3) is 0 Å². The van der Waals surface area contributed by atoms with Crippen molar-refractivity contribution in [3.8, 4) is 0 Å². The molecule has 0 spiro atoms. The minimum absolute atomic E-state index is 0.0222. The van der Waals surface area contributed by atoms with Crippen molar-refractivity contribution in [3.63, 3.8) is 0 Å². The van der Waals surface area contributed by atoms with Gasteiger partial charge in [-0.05, 0) is 41.5 Å². The number of aliphatic hydroxyl groups is 1. The van der Waals surface area contributed by atoms with E-state index in [1.807, 2.05) is 0 Å². The summed E-state index contributed by atoms with van der Waals surface area (Å²) in [5.74, 6) is 0. The van der Waals surface area contributed by atoms with Gasteiger partial charge in [0.05, 0.1) is 12.6 Å². The average Bonchev–Trinajstić information content (AvgIpc) is 2.24. The first-order valence-corrected chi connectivity index (χ1v) is 7.15. The number of rotatable bonds is 4. The molecular formula is C17H29NO. The lowest BCUT2D eigenvalue weighted by atomic mass is 9.82. The molecule has 1 unspecified atom stereocenters. The molecule has 0 fully saturated rings. The van der Waals surface area contributed by atoms with E-state index in [0.29, 0.717) is 6.04 Å². The molecule has 0 radical (unpaired) electrons. The second-order valence-corrected chi connectivity index (χ2v) is 6.83. The lowest BCUT2D eigenvalue weighted by Crippen LogP contribution is -2.31. The van der Waals surface area contributed by atoms with Crippen molar-refractivity contribution in [2.24, 2.45) is 0 Å². The summed E-state index contributed by atoms with van der Waals surface area (Å²) in [6.07, 6.45) is 0. The van der Waals surface area contributed by atoms with Gasteiger partial charge in [0.2, 0.25) is 0 Å². The molecule has 1 aromatic carbocycles. The van der Waals surface area contributed by atoms with Gasteiger partial charge >= 0.3 is 0 Å². The summed E-state index contributed by atoms with van der Waals surface area (Å²) in [4.78, 5) is 0. The Hall–Kier alpha value is -0.860. The number of benzene rings is 1. The SMILES string of the molecule is Cc1cc(C(C)(C)C)cc(C)c1C(CO)NC(C)C. The molecule has 2 nitrogen and oxygen atoms in total. The number of aliphatic hydroxyl groups excluding tert-OH is 1. The topological polar surface area (TPSA) is 32.3 Å². The van der Waals surface area contributed by atoms with Crippen molar-refractivity contribution in [1.29, 1.82) is 0 Å². The summed E-state index contributed by atoms with van der Waals surface area (Å²) in [6, 6.07) is 4.90. The van der Waals surface area contributed by atoms with Gasteiger partial charge in [-0.15, -0.1) is 0 Å². The zero-order valence-electron chi connectivity index (χ0n) is 13.5. The van der Waals surface area contributed by atoms with Crippen molar-refractivity contribution < 1.29 is 5.11 Å². The maximum atomic E-state index is 9.64. The van der Waals surface area contributed by atoms with Gasteiger partial charge in [-0.3, -0.25) is 0 Å². The maximum absolute atomic E-state index is 9.64. The van der Waals surface area contributed by atoms with Crippen LogP contribution in [0, 0.1) is 13.8 Å². The quantitative estimate of drug-likeness (QED) is 0.869.